The number of benzene rings is 1. The number of hydrogen-bond donors (Lipinski definition) is 1. The maximum absolute atomic E-state index is 11.4. The fraction of sp³-hybridized carbons (Fsp3) is 0.389. The fourth-order valence-electron chi connectivity index (χ4n) is 3.22. The first-order valence-electron chi connectivity index (χ1n) is 8.18. The third-order valence-electron chi connectivity index (χ3n) is 4.33. The Labute approximate surface area is 142 Å². The molecule has 126 valence electrons. The Kier molecular flexibility index (Phi) is 4.76. The molecule has 1 saturated heterocycles. The third kappa shape index (κ3) is 3.38. The van der Waals surface area contributed by atoms with Crippen molar-refractivity contribution in [2.45, 2.75) is 18.9 Å². The molecule has 1 aromatic carbocycles. The topological polar surface area (TPSA) is 75.3 Å². The zero-order valence-corrected chi connectivity index (χ0v) is 14.1. The average molecular weight is 325 g/mol. The van der Waals surface area contributed by atoms with Gasteiger partial charge in [0.1, 0.15) is 0 Å². The molecule has 2 N–H and O–H groups in total. The molecule has 1 fully saturated rings. The van der Waals surface area contributed by atoms with Crippen LogP contribution in [0.2, 0.25) is 0 Å². The molecule has 1 amide bonds. The molecule has 1 atom stereocenters. The second kappa shape index (κ2) is 6.97. The van der Waals surface area contributed by atoms with Gasteiger partial charge >= 0.3 is 0 Å². The van der Waals surface area contributed by atoms with Crippen molar-refractivity contribution in [3.8, 4) is 11.1 Å². The second-order valence-corrected chi connectivity index (χ2v) is 6.32. The van der Waals surface area contributed by atoms with E-state index < -0.39 is 0 Å². The van der Waals surface area contributed by atoms with Crippen LogP contribution in [0, 0.1) is 0 Å². The van der Waals surface area contributed by atoms with Crippen LogP contribution in [0.15, 0.2) is 36.5 Å². The number of aromatic nitrogens is 2. The smallest absolute Gasteiger partial charge is 0.231 e. The van der Waals surface area contributed by atoms with Gasteiger partial charge < -0.3 is 10.6 Å². The lowest BCUT2D eigenvalue weighted by Crippen LogP contribution is -2.34. The Bertz CT molecular complexity index is 717. The molecule has 0 unspecified atom stereocenters. The molecule has 0 spiro atoms. The first-order valence-corrected chi connectivity index (χ1v) is 8.18. The number of primary amides is 1. The summed E-state index contributed by atoms with van der Waals surface area (Å²) in [7, 11) is 3.86. The number of anilines is 1. The minimum atomic E-state index is -0.301. The summed E-state index contributed by atoms with van der Waals surface area (Å²) in [6, 6.07) is 10.2. The lowest BCUT2D eigenvalue weighted by molar-refractivity contribution is -0.119. The molecule has 0 bridgehead atoms. The normalized spacial score (nSPS) is 17.8. The molecule has 2 aromatic rings. The maximum atomic E-state index is 11.4. The molecule has 6 nitrogen and oxygen atoms in total. The Morgan fingerprint density at radius 2 is 2.08 bits per heavy atom. The highest BCUT2D eigenvalue weighted by atomic mass is 16.1. The lowest BCUT2D eigenvalue weighted by Gasteiger charge is -2.25. The van der Waals surface area contributed by atoms with Crippen LogP contribution in [0.5, 0.6) is 0 Å². The third-order valence-corrected chi connectivity index (χ3v) is 4.33. The van der Waals surface area contributed by atoms with Gasteiger partial charge in [-0.05, 0) is 24.9 Å². The van der Waals surface area contributed by atoms with Crippen LogP contribution in [0.3, 0.4) is 0 Å². The molecule has 1 aromatic heterocycles. The number of nitrogens with zero attached hydrogens (tertiary/aromatic N) is 4. The molecule has 0 saturated carbocycles. The van der Waals surface area contributed by atoms with Gasteiger partial charge in [-0.25, -0.2) is 9.97 Å². The molecule has 24 heavy (non-hydrogen) atoms. The van der Waals surface area contributed by atoms with Gasteiger partial charge in [0.25, 0.3) is 0 Å². The highest BCUT2D eigenvalue weighted by Crippen LogP contribution is 2.36. The van der Waals surface area contributed by atoms with Crippen molar-refractivity contribution in [2.75, 3.05) is 32.1 Å². The quantitative estimate of drug-likeness (QED) is 0.908. The van der Waals surface area contributed by atoms with Crippen LogP contribution in [0.25, 0.3) is 11.1 Å². The van der Waals surface area contributed by atoms with Crippen LogP contribution in [-0.2, 0) is 4.79 Å². The van der Waals surface area contributed by atoms with E-state index in [0.717, 1.165) is 36.2 Å². The summed E-state index contributed by atoms with van der Waals surface area (Å²) < 4.78 is 0. The maximum Gasteiger partial charge on any atom is 0.231 e. The van der Waals surface area contributed by atoms with Crippen molar-refractivity contribution >= 4 is 11.9 Å². The number of hydrogen-bond acceptors (Lipinski definition) is 5. The summed E-state index contributed by atoms with van der Waals surface area (Å²) in [6.45, 7) is 1.13. The van der Waals surface area contributed by atoms with Gasteiger partial charge in [0.15, 0.2) is 0 Å². The van der Waals surface area contributed by atoms with Crippen molar-refractivity contribution in [2.24, 2.45) is 5.73 Å². The Morgan fingerprint density at radius 1 is 1.33 bits per heavy atom. The average Bonchev–Trinajstić information content (AvgIpc) is 3.02. The molecule has 6 heteroatoms. The molecule has 2 heterocycles. The van der Waals surface area contributed by atoms with E-state index in [1.54, 1.807) is 0 Å². The van der Waals surface area contributed by atoms with Gasteiger partial charge in [0.05, 0.1) is 18.3 Å². The van der Waals surface area contributed by atoms with Crippen LogP contribution in [-0.4, -0.2) is 48.0 Å². The highest BCUT2D eigenvalue weighted by Gasteiger charge is 2.30. The predicted molar refractivity (Wildman–Crippen MR) is 94.5 cm³/mol. The summed E-state index contributed by atoms with van der Waals surface area (Å²) in [5, 5.41) is 0. The summed E-state index contributed by atoms with van der Waals surface area (Å²) in [4.78, 5) is 24.7. The van der Waals surface area contributed by atoms with Crippen LogP contribution in [0.4, 0.5) is 5.95 Å². The van der Waals surface area contributed by atoms with Gasteiger partial charge in [-0.3, -0.25) is 9.69 Å². The molecular formula is C18H23N5O. The van der Waals surface area contributed by atoms with E-state index in [4.69, 9.17) is 10.7 Å². The van der Waals surface area contributed by atoms with Crippen molar-refractivity contribution in [3.05, 3.63) is 42.2 Å². The summed E-state index contributed by atoms with van der Waals surface area (Å²) in [6.07, 6.45) is 3.89. The summed E-state index contributed by atoms with van der Waals surface area (Å²) in [5.74, 6) is 0.376. The van der Waals surface area contributed by atoms with E-state index in [1.165, 1.54) is 0 Å². The van der Waals surface area contributed by atoms with Gasteiger partial charge in [-0.2, -0.15) is 0 Å². The molecule has 1 aliphatic rings. The number of likely N-dealkylation sites (tertiary alicyclic amines) is 1. The van der Waals surface area contributed by atoms with Crippen LogP contribution in [0.1, 0.15) is 24.6 Å². The SMILES string of the molecule is CN(C)c1ncc(-c2ccccc2)c([C@H]2CCCN2CC(N)=O)n1. The lowest BCUT2D eigenvalue weighted by atomic mass is 10.00. The number of carbonyl (C=O) groups excluding carboxylic acids is 1. The number of rotatable bonds is 5. The minimum absolute atomic E-state index is 0.0920. The molecule has 3 rings (SSSR count). The van der Waals surface area contributed by atoms with E-state index in [9.17, 15) is 4.79 Å². The Hall–Kier alpha value is -2.47. The second-order valence-electron chi connectivity index (χ2n) is 6.32. The van der Waals surface area contributed by atoms with Gasteiger partial charge in [0.2, 0.25) is 11.9 Å². The van der Waals surface area contributed by atoms with E-state index in [1.807, 2.05) is 43.4 Å². The zero-order valence-electron chi connectivity index (χ0n) is 14.1. The zero-order chi connectivity index (χ0) is 17.1. The van der Waals surface area contributed by atoms with Crippen molar-refractivity contribution in [3.63, 3.8) is 0 Å². The van der Waals surface area contributed by atoms with E-state index in [-0.39, 0.29) is 18.5 Å². The van der Waals surface area contributed by atoms with Gasteiger partial charge in [-0.1, -0.05) is 30.3 Å². The van der Waals surface area contributed by atoms with Crippen molar-refractivity contribution < 1.29 is 4.79 Å². The fourth-order valence-corrected chi connectivity index (χ4v) is 3.22. The largest absolute Gasteiger partial charge is 0.369 e. The molecular weight excluding hydrogens is 302 g/mol. The minimum Gasteiger partial charge on any atom is -0.369 e. The first-order chi connectivity index (χ1) is 11.6. The van der Waals surface area contributed by atoms with Gasteiger partial charge in [0, 0.05) is 25.9 Å². The van der Waals surface area contributed by atoms with Crippen LogP contribution < -0.4 is 10.6 Å². The molecule has 0 radical (unpaired) electrons. The predicted octanol–water partition coefficient (Wildman–Crippen LogP) is 1.83. The van der Waals surface area contributed by atoms with E-state index in [2.05, 4.69) is 22.0 Å². The Morgan fingerprint density at radius 3 is 2.75 bits per heavy atom. The van der Waals surface area contributed by atoms with Crippen LogP contribution >= 0.6 is 0 Å². The number of carbonyl (C=O) groups is 1. The van der Waals surface area contributed by atoms with Crippen molar-refractivity contribution in [1.29, 1.82) is 0 Å². The number of nitrogens with two attached hydrogens (primary N) is 1. The molecule has 1 aliphatic heterocycles. The first kappa shape index (κ1) is 16.4. The standard InChI is InChI=1S/C18H23N5O/c1-22(2)18-20-11-14(13-7-4-3-5-8-13)17(21-18)15-9-6-10-23(15)12-16(19)24/h3-5,7-8,11,15H,6,9-10,12H2,1-2H3,(H2,19,24)/t15-/m1/s1. The molecule has 0 aliphatic carbocycles. The van der Waals surface area contributed by atoms with Gasteiger partial charge in [-0.15, -0.1) is 0 Å². The summed E-state index contributed by atoms with van der Waals surface area (Å²) >= 11 is 0. The Balaban J connectivity index is 2.06. The number of amides is 1. The van der Waals surface area contributed by atoms with Crippen molar-refractivity contribution in [1.82, 2.24) is 14.9 Å². The summed E-state index contributed by atoms with van der Waals surface area (Å²) in [5.41, 5.74) is 8.49. The van der Waals surface area contributed by atoms with E-state index >= 15 is 0 Å². The van der Waals surface area contributed by atoms with E-state index in [0.29, 0.717) is 5.95 Å². The monoisotopic (exact) mass is 325 g/mol. The highest BCUT2D eigenvalue weighted by molar-refractivity contribution is 5.76.